The number of nitrogens with two attached hydrogens (primary N) is 1. The van der Waals surface area contributed by atoms with Gasteiger partial charge in [-0.2, -0.15) is 0 Å². The molecule has 0 aromatic rings. The van der Waals surface area contributed by atoms with E-state index in [1.165, 1.54) is 31.3 Å². The number of allylic oxidation sites excluding steroid dienone is 3. The lowest BCUT2D eigenvalue weighted by Crippen LogP contribution is -2.58. The van der Waals surface area contributed by atoms with Crippen LogP contribution in [0.5, 0.6) is 0 Å². The van der Waals surface area contributed by atoms with Crippen LogP contribution in [0.15, 0.2) is 22.2 Å². The van der Waals surface area contributed by atoms with Crippen molar-refractivity contribution in [2.45, 2.75) is 106 Å². The molecule has 4 heteroatoms. The summed E-state index contributed by atoms with van der Waals surface area (Å²) in [5.74, 6) is 1.08. The minimum atomic E-state index is -0.522. The molecule has 0 aromatic heterocycles. The molecular formula is C30H48BNO2. The Morgan fingerprint density at radius 1 is 1.00 bits per heavy atom. The summed E-state index contributed by atoms with van der Waals surface area (Å²) in [6.45, 7) is 15.4. The summed E-state index contributed by atoms with van der Waals surface area (Å²) >= 11 is 0. The van der Waals surface area contributed by atoms with Crippen LogP contribution >= 0.6 is 0 Å². The van der Waals surface area contributed by atoms with E-state index in [1.54, 1.807) is 16.6 Å². The van der Waals surface area contributed by atoms with Gasteiger partial charge in [-0.3, -0.25) is 4.79 Å². The maximum Gasteiger partial charge on any atom is 0.310 e. The van der Waals surface area contributed by atoms with E-state index in [-0.39, 0.29) is 27.6 Å². The Hall–Kier alpha value is -1.03. The first-order valence-corrected chi connectivity index (χ1v) is 14.1. The molecule has 0 aromatic carbocycles. The van der Waals surface area contributed by atoms with Gasteiger partial charge in [-0.25, -0.2) is 0 Å². The van der Waals surface area contributed by atoms with Gasteiger partial charge in [0.15, 0.2) is 0 Å². The summed E-state index contributed by atoms with van der Waals surface area (Å²) in [5, 5.41) is 10.5. The van der Waals surface area contributed by atoms with Crippen LogP contribution in [0.3, 0.4) is 0 Å². The molecule has 5 aliphatic rings. The molecule has 0 saturated heterocycles. The Balaban J connectivity index is 1.55. The average molecular weight is 466 g/mol. The Morgan fingerprint density at radius 2 is 1.68 bits per heavy atom. The second kappa shape index (κ2) is 7.50. The van der Waals surface area contributed by atoms with Crippen LogP contribution in [0.2, 0.25) is 0 Å². The molecule has 0 amide bonds. The highest BCUT2D eigenvalue weighted by Gasteiger charge is 2.65. The molecule has 5 aliphatic carbocycles. The molecule has 0 spiro atoms. The van der Waals surface area contributed by atoms with Crippen molar-refractivity contribution in [3.8, 4) is 0 Å². The summed E-state index contributed by atoms with van der Waals surface area (Å²) in [6.07, 6.45) is 11.0. The van der Waals surface area contributed by atoms with Crippen molar-refractivity contribution < 1.29 is 9.90 Å². The summed E-state index contributed by atoms with van der Waals surface area (Å²) in [6, 6.07) is 0. The van der Waals surface area contributed by atoms with E-state index in [2.05, 4.69) is 49.4 Å². The van der Waals surface area contributed by atoms with Crippen LogP contribution in [0.25, 0.3) is 0 Å². The molecule has 6 atom stereocenters. The highest BCUT2D eigenvalue weighted by molar-refractivity contribution is 6.23. The predicted octanol–water partition coefficient (Wildman–Crippen LogP) is 6.08. The number of fused-ring (bicyclic) bond motifs is 6. The zero-order valence-corrected chi connectivity index (χ0v) is 22.9. The number of aliphatic carboxylic acids is 1. The second-order valence-corrected chi connectivity index (χ2v) is 14.9. The Labute approximate surface area is 208 Å². The third kappa shape index (κ3) is 3.15. The number of hydrogen-bond donors (Lipinski definition) is 2. The van der Waals surface area contributed by atoms with Gasteiger partial charge in [-0.1, -0.05) is 58.3 Å². The van der Waals surface area contributed by atoms with Crippen molar-refractivity contribution >= 4 is 13.8 Å². The largest absolute Gasteiger partial charge is 0.481 e. The molecule has 0 bridgehead atoms. The van der Waals surface area contributed by atoms with Crippen molar-refractivity contribution in [2.24, 2.45) is 50.6 Å². The number of hydrogen-bond acceptors (Lipinski definition) is 2. The molecule has 188 valence electrons. The van der Waals surface area contributed by atoms with Gasteiger partial charge in [0.25, 0.3) is 0 Å². The van der Waals surface area contributed by atoms with Crippen molar-refractivity contribution in [1.29, 1.82) is 0 Å². The van der Waals surface area contributed by atoms with Crippen LogP contribution in [-0.4, -0.2) is 25.5 Å². The number of rotatable bonds is 2. The lowest BCUT2D eigenvalue weighted by Gasteiger charge is -2.65. The lowest BCUT2D eigenvalue weighted by molar-refractivity contribution is -0.162. The van der Waals surface area contributed by atoms with Crippen LogP contribution in [-0.2, 0) is 4.79 Å². The molecule has 0 radical (unpaired) electrons. The first kappa shape index (κ1) is 24.7. The molecule has 34 heavy (non-hydrogen) atoms. The van der Waals surface area contributed by atoms with Crippen LogP contribution < -0.4 is 5.73 Å². The van der Waals surface area contributed by atoms with Gasteiger partial charge < -0.3 is 10.8 Å². The average Bonchev–Trinajstić information content (AvgIpc) is 2.73. The van der Waals surface area contributed by atoms with E-state index in [9.17, 15) is 9.90 Å². The van der Waals surface area contributed by atoms with Gasteiger partial charge >= 0.3 is 5.97 Å². The first-order valence-electron chi connectivity index (χ1n) is 14.1. The predicted molar refractivity (Wildman–Crippen MR) is 142 cm³/mol. The fourth-order valence-electron chi connectivity index (χ4n) is 10.2. The van der Waals surface area contributed by atoms with E-state index >= 15 is 0 Å². The summed E-state index contributed by atoms with van der Waals surface area (Å²) < 4.78 is 0. The zero-order valence-electron chi connectivity index (χ0n) is 22.9. The molecule has 0 aliphatic heterocycles. The SMILES string of the molecule is BC1=C(CN)C[C@]2(C)CCC3=C4C5CC(C)(C)CC[C@]5(C(=O)O)CC[C@@]4(C)[C@H]3CC[C@H]2C1(C)C. The molecule has 3 N–H and O–H groups in total. The van der Waals surface area contributed by atoms with E-state index in [1.807, 2.05) is 0 Å². The van der Waals surface area contributed by atoms with E-state index in [0.29, 0.717) is 18.4 Å². The monoisotopic (exact) mass is 465 g/mol. The quantitative estimate of drug-likeness (QED) is 0.384. The van der Waals surface area contributed by atoms with Crippen LogP contribution in [0.1, 0.15) is 106 Å². The maximum absolute atomic E-state index is 12.8. The van der Waals surface area contributed by atoms with Gasteiger partial charge in [0.2, 0.25) is 0 Å². The Kier molecular flexibility index (Phi) is 5.44. The van der Waals surface area contributed by atoms with E-state index in [4.69, 9.17) is 5.73 Å². The topological polar surface area (TPSA) is 63.3 Å². The summed E-state index contributed by atoms with van der Waals surface area (Å²) in [4.78, 5) is 12.8. The minimum Gasteiger partial charge on any atom is -0.481 e. The van der Waals surface area contributed by atoms with Crippen molar-refractivity contribution in [1.82, 2.24) is 0 Å². The summed E-state index contributed by atoms with van der Waals surface area (Å²) in [7, 11) is 2.34. The molecule has 0 heterocycles. The van der Waals surface area contributed by atoms with Gasteiger partial charge in [0, 0.05) is 6.54 Å². The van der Waals surface area contributed by atoms with Crippen LogP contribution in [0, 0.1) is 44.8 Å². The first-order chi connectivity index (χ1) is 15.7. The second-order valence-electron chi connectivity index (χ2n) is 14.9. The highest BCUT2D eigenvalue weighted by atomic mass is 16.4. The zero-order chi connectivity index (χ0) is 24.9. The van der Waals surface area contributed by atoms with Crippen molar-refractivity contribution in [3.63, 3.8) is 0 Å². The van der Waals surface area contributed by atoms with Gasteiger partial charge in [-0.05, 0) is 104 Å². The number of carboxylic acid groups (broad SMARTS) is 1. The normalized spacial score (nSPS) is 45.1. The third-order valence-electron chi connectivity index (χ3n) is 12.5. The van der Waals surface area contributed by atoms with Crippen molar-refractivity contribution in [2.75, 3.05) is 6.54 Å². The van der Waals surface area contributed by atoms with Gasteiger partial charge in [0.05, 0.1) is 5.41 Å². The molecule has 3 fully saturated rings. The number of carboxylic acids is 1. The molecule has 3 saturated carbocycles. The van der Waals surface area contributed by atoms with Gasteiger partial charge in [-0.15, -0.1) is 5.47 Å². The maximum atomic E-state index is 12.8. The highest BCUT2D eigenvalue weighted by Crippen LogP contribution is 2.72. The third-order valence-corrected chi connectivity index (χ3v) is 12.5. The number of carbonyl (C=O) groups is 1. The molecule has 5 rings (SSSR count). The molecule has 3 nitrogen and oxygen atoms in total. The Bertz CT molecular complexity index is 976. The van der Waals surface area contributed by atoms with Crippen LogP contribution in [0.4, 0.5) is 0 Å². The molecule has 1 unspecified atom stereocenters. The Morgan fingerprint density at radius 3 is 2.32 bits per heavy atom. The summed E-state index contributed by atoms with van der Waals surface area (Å²) in [5.41, 5.74) is 13.0. The van der Waals surface area contributed by atoms with Gasteiger partial charge in [0.1, 0.15) is 7.85 Å². The van der Waals surface area contributed by atoms with Crippen molar-refractivity contribution in [3.05, 3.63) is 22.2 Å². The fourth-order valence-corrected chi connectivity index (χ4v) is 10.2. The minimum absolute atomic E-state index is 0.203. The smallest absolute Gasteiger partial charge is 0.310 e. The van der Waals surface area contributed by atoms with E-state index in [0.717, 1.165) is 38.5 Å². The lowest BCUT2D eigenvalue weighted by atomic mass is 9.38. The fraction of sp³-hybridized carbons (Fsp3) is 0.833. The standard InChI is InChI=1S/C30H48BNO2/c1-26(2)11-13-30(25(33)34)14-12-29(6)20-7-8-22-27(3,4)24(31)18(17-32)15-28(22,5)10-9-19(20)23(29)21(30)16-26/h20-22H,7-17,31-32H2,1-6H3,(H,33,34)/t20-,21?,22-,28-,29-,30-/m0/s1. The molecular weight excluding hydrogens is 417 g/mol. The van der Waals surface area contributed by atoms with E-state index < -0.39 is 11.4 Å².